The lowest BCUT2D eigenvalue weighted by molar-refractivity contribution is -0.148. The fourth-order valence-corrected chi connectivity index (χ4v) is 3.51. The Balaban J connectivity index is 2.08. The number of unbranched alkanes of at least 4 members (excludes halogenated alkanes) is 1. The summed E-state index contributed by atoms with van der Waals surface area (Å²) in [6.45, 7) is 9.58. The number of aromatic nitrogens is 1. The highest BCUT2D eigenvalue weighted by atomic mass is 16.5. The van der Waals surface area contributed by atoms with Crippen molar-refractivity contribution in [3.8, 4) is 5.88 Å². The predicted octanol–water partition coefficient (Wildman–Crippen LogP) is 4.88. The van der Waals surface area contributed by atoms with Gasteiger partial charge < -0.3 is 14.8 Å². The van der Waals surface area contributed by atoms with Crippen LogP contribution in [0.4, 0.5) is 5.69 Å². The molecule has 146 valence electrons. The fraction of sp³-hybridized carbons (Fsp3) is 0.714. The van der Waals surface area contributed by atoms with E-state index in [1.54, 1.807) is 0 Å². The largest absolute Gasteiger partial charge is 0.478 e. The fourth-order valence-electron chi connectivity index (χ4n) is 3.51. The molecular weight excluding hydrogens is 328 g/mol. The SMILES string of the molecule is CCCCOc1ccc(NC(=O)[C@]2(OCCC)CCC[C@@H](C)C2)c(C)n1. The molecule has 0 unspecified atom stereocenters. The topological polar surface area (TPSA) is 60.5 Å². The second-order valence-electron chi connectivity index (χ2n) is 7.48. The molecule has 2 atom stereocenters. The molecule has 0 aromatic carbocycles. The molecule has 5 nitrogen and oxygen atoms in total. The van der Waals surface area contributed by atoms with Crippen LogP contribution in [0.5, 0.6) is 5.88 Å². The van der Waals surface area contributed by atoms with Crippen molar-refractivity contribution in [2.45, 2.75) is 78.2 Å². The van der Waals surface area contributed by atoms with E-state index < -0.39 is 5.60 Å². The maximum Gasteiger partial charge on any atom is 0.256 e. The van der Waals surface area contributed by atoms with Gasteiger partial charge in [-0.3, -0.25) is 4.79 Å². The molecule has 5 heteroatoms. The molecule has 1 aromatic heterocycles. The Bertz CT molecular complexity index is 591. The first kappa shape index (κ1) is 20.7. The number of hydrogen-bond donors (Lipinski definition) is 1. The minimum absolute atomic E-state index is 0.0398. The van der Waals surface area contributed by atoms with E-state index >= 15 is 0 Å². The summed E-state index contributed by atoms with van der Waals surface area (Å²) in [5, 5.41) is 3.06. The van der Waals surface area contributed by atoms with Gasteiger partial charge in [0.25, 0.3) is 5.91 Å². The molecule has 26 heavy (non-hydrogen) atoms. The molecule has 1 heterocycles. The molecular formula is C21H34N2O3. The Morgan fingerprint density at radius 2 is 2.12 bits per heavy atom. The summed E-state index contributed by atoms with van der Waals surface area (Å²) in [5.41, 5.74) is 0.786. The average molecular weight is 363 g/mol. The molecule has 1 fully saturated rings. The van der Waals surface area contributed by atoms with E-state index in [2.05, 4.69) is 31.1 Å². The molecule has 0 aliphatic heterocycles. The van der Waals surface area contributed by atoms with Gasteiger partial charge in [-0.1, -0.05) is 33.6 Å². The molecule has 1 aliphatic carbocycles. The van der Waals surface area contributed by atoms with Crippen molar-refractivity contribution in [3.05, 3.63) is 17.8 Å². The Morgan fingerprint density at radius 1 is 1.31 bits per heavy atom. The van der Waals surface area contributed by atoms with Crippen LogP contribution in [-0.2, 0) is 9.53 Å². The third-order valence-electron chi connectivity index (χ3n) is 5.01. The van der Waals surface area contributed by atoms with Gasteiger partial charge in [-0.2, -0.15) is 0 Å². The Labute approximate surface area is 157 Å². The van der Waals surface area contributed by atoms with E-state index in [0.717, 1.165) is 56.3 Å². The lowest BCUT2D eigenvalue weighted by Gasteiger charge is -2.38. The number of hydrogen-bond acceptors (Lipinski definition) is 4. The number of aryl methyl sites for hydroxylation is 1. The Kier molecular flexibility index (Phi) is 7.88. The van der Waals surface area contributed by atoms with Gasteiger partial charge in [-0.15, -0.1) is 0 Å². The summed E-state index contributed by atoms with van der Waals surface area (Å²) in [4.78, 5) is 17.6. The van der Waals surface area contributed by atoms with Gasteiger partial charge >= 0.3 is 0 Å². The standard InChI is InChI=1S/C21H34N2O3/c1-5-7-14-25-19-11-10-18(17(4)22-19)23-20(24)21(26-13-6-2)12-8-9-16(3)15-21/h10-11,16H,5-9,12-15H2,1-4H3,(H,23,24)/t16-,21+/m1/s1. The number of ether oxygens (including phenoxy) is 2. The van der Waals surface area contributed by atoms with Crippen LogP contribution in [0.1, 0.15) is 71.4 Å². The Morgan fingerprint density at radius 3 is 2.77 bits per heavy atom. The number of nitrogens with zero attached hydrogens (tertiary/aromatic N) is 1. The van der Waals surface area contributed by atoms with Gasteiger partial charge in [0.2, 0.25) is 5.88 Å². The molecule has 1 saturated carbocycles. The average Bonchev–Trinajstić information content (AvgIpc) is 2.62. The van der Waals surface area contributed by atoms with E-state index in [9.17, 15) is 4.79 Å². The maximum absolute atomic E-state index is 13.1. The molecule has 2 rings (SSSR count). The summed E-state index contributed by atoms with van der Waals surface area (Å²) >= 11 is 0. The van der Waals surface area contributed by atoms with E-state index in [1.807, 2.05) is 19.1 Å². The summed E-state index contributed by atoms with van der Waals surface area (Å²) < 4.78 is 11.7. The van der Waals surface area contributed by atoms with Gasteiger partial charge in [0.15, 0.2) is 0 Å². The summed E-state index contributed by atoms with van der Waals surface area (Å²) in [5.74, 6) is 1.07. The van der Waals surface area contributed by atoms with Gasteiger partial charge in [-0.05, 0) is 51.0 Å². The first-order chi connectivity index (χ1) is 12.5. The Hall–Kier alpha value is -1.62. The van der Waals surface area contributed by atoms with Crippen molar-refractivity contribution in [2.75, 3.05) is 18.5 Å². The highest BCUT2D eigenvalue weighted by molar-refractivity contribution is 5.97. The molecule has 1 aliphatic rings. The molecule has 1 amide bonds. The van der Waals surface area contributed by atoms with Crippen LogP contribution in [0.25, 0.3) is 0 Å². The van der Waals surface area contributed by atoms with Crippen molar-refractivity contribution in [1.29, 1.82) is 0 Å². The van der Waals surface area contributed by atoms with Gasteiger partial charge in [-0.25, -0.2) is 4.98 Å². The van der Waals surface area contributed by atoms with Crippen LogP contribution in [0.15, 0.2) is 12.1 Å². The number of anilines is 1. The van der Waals surface area contributed by atoms with E-state index in [4.69, 9.17) is 9.47 Å². The zero-order valence-electron chi connectivity index (χ0n) is 16.8. The van der Waals surface area contributed by atoms with E-state index in [1.165, 1.54) is 0 Å². The number of pyridine rings is 1. The molecule has 0 saturated heterocycles. The van der Waals surface area contributed by atoms with Gasteiger partial charge in [0.05, 0.1) is 18.0 Å². The van der Waals surface area contributed by atoms with Crippen LogP contribution < -0.4 is 10.1 Å². The van der Waals surface area contributed by atoms with Gasteiger partial charge in [0.1, 0.15) is 5.60 Å². The van der Waals surface area contributed by atoms with Crippen molar-refractivity contribution >= 4 is 11.6 Å². The smallest absolute Gasteiger partial charge is 0.256 e. The normalized spacial score (nSPS) is 22.8. The molecule has 0 spiro atoms. The predicted molar refractivity (Wildman–Crippen MR) is 105 cm³/mol. The van der Waals surface area contributed by atoms with Crippen LogP contribution in [-0.4, -0.2) is 29.7 Å². The number of nitrogens with one attached hydrogen (secondary N) is 1. The first-order valence-electron chi connectivity index (χ1n) is 10.1. The van der Waals surface area contributed by atoms with Crippen molar-refractivity contribution in [3.63, 3.8) is 0 Å². The summed E-state index contributed by atoms with van der Waals surface area (Å²) in [6, 6.07) is 3.70. The van der Waals surface area contributed by atoms with Crippen molar-refractivity contribution in [1.82, 2.24) is 4.98 Å². The molecule has 1 N–H and O–H groups in total. The van der Waals surface area contributed by atoms with Gasteiger partial charge in [0, 0.05) is 12.7 Å². The number of amides is 1. The number of carbonyl (C=O) groups excluding carboxylic acids is 1. The highest BCUT2D eigenvalue weighted by Crippen LogP contribution is 2.36. The second kappa shape index (κ2) is 9.91. The van der Waals surface area contributed by atoms with E-state index in [-0.39, 0.29) is 5.91 Å². The number of rotatable bonds is 9. The third kappa shape index (κ3) is 5.44. The lowest BCUT2D eigenvalue weighted by atomic mass is 9.78. The molecule has 0 bridgehead atoms. The lowest BCUT2D eigenvalue weighted by Crippen LogP contribution is -2.49. The van der Waals surface area contributed by atoms with E-state index in [0.29, 0.717) is 25.0 Å². The maximum atomic E-state index is 13.1. The second-order valence-corrected chi connectivity index (χ2v) is 7.48. The summed E-state index contributed by atoms with van der Waals surface area (Å²) in [6.07, 6.45) is 6.76. The monoisotopic (exact) mass is 362 g/mol. The first-order valence-corrected chi connectivity index (χ1v) is 10.1. The summed E-state index contributed by atoms with van der Waals surface area (Å²) in [7, 11) is 0. The molecule has 1 aromatic rings. The van der Waals surface area contributed by atoms with Crippen molar-refractivity contribution in [2.24, 2.45) is 5.92 Å². The van der Waals surface area contributed by atoms with Crippen LogP contribution in [0.2, 0.25) is 0 Å². The highest BCUT2D eigenvalue weighted by Gasteiger charge is 2.42. The van der Waals surface area contributed by atoms with Crippen LogP contribution >= 0.6 is 0 Å². The zero-order valence-corrected chi connectivity index (χ0v) is 16.8. The minimum Gasteiger partial charge on any atom is -0.478 e. The minimum atomic E-state index is -0.712. The van der Waals surface area contributed by atoms with Crippen LogP contribution in [0.3, 0.4) is 0 Å². The third-order valence-corrected chi connectivity index (χ3v) is 5.01. The zero-order chi connectivity index (χ0) is 19.0. The van der Waals surface area contributed by atoms with Crippen molar-refractivity contribution < 1.29 is 14.3 Å². The van der Waals surface area contributed by atoms with Crippen LogP contribution in [0, 0.1) is 12.8 Å². The number of carbonyl (C=O) groups is 1. The molecule has 0 radical (unpaired) electrons. The quantitative estimate of drug-likeness (QED) is 0.636.